The molecule has 0 saturated carbocycles. The SMILES string of the molecule is CC1CN(c2c(Cl)ccc3nsnc23)CCCN1. The molecule has 1 N–H and O–H groups in total. The third kappa shape index (κ3) is 2.18. The summed E-state index contributed by atoms with van der Waals surface area (Å²) in [5.74, 6) is 0. The molecule has 2 heterocycles. The van der Waals surface area contributed by atoms with Gasteiger partial charge in [-0.25, -0.2) is 0 Å². The highest BCUT2D eigenvalue weighted by Gasteiger charge is 2.20. The average molecular weight is 283 g/mol. The van der Waals surface area contributed by atoms with Crippen molar-refractivity contribution < 1.29 is 0 Å². The fourth-order valence-corrected chi connectivity index (χ4v) is 3.23. The Balaban J connectivity index is 2.06. The van der Waals surface area contributed by atoms with E-state index in [9.17, 15) is 0 Å². The minimum Gasteiger partial charge on any atom is -0.367 e. The largest absolute Gasteiger partial charge is 0.367 e. The van der Waals surface area contributed by atoms with Crippen LogP contribution in [0.15, 0.2) is 12.1 Å². The van der Waals surface area contributed by atoms with Gasteiger partial charge in [0, 0.05) is 19.1 Å². The third-order valence-electron chi connectivity index (χ3n) is 3.26. The van der Waals surface area contributed by atoms with Crippen molar-refractivity contribution in [3.05, 3.63) is 17.2 Å². The number of hydrogen-bond acceptors (Lipinski definition) is 5. The van der Waals surface area contributed by atoms with Crippen molar-refractivity contribution in [3.8, 4) is 0 Å². The van der Waals surface area contributed by atoms with Crippen LogP contribution in [0.1, 0.15) is 13.3 Å². The molecule has 0 amide bonds. The van der Waals surface area contributed by atoms with Crippen LogP contribution in [0.4, 0.5) is 5.69 Å². The predicted octanol–water partition coefficient (Wildman–Crippen LogP) is 2.53. The van der Waals surface area contributed by atoms with Gasteiger partial charge in [-0.15, -0.1) is 0 Å². The van der Waals surface area contributed by atoms with Crippen LogP contribution in [0.2, 0.25) is 5.02 Å². The van der Waals surface area contributed by atoms with Crippen molar-refractivity contribution in [3.63, 3.8) is 0 Å². The maximum absolute atomic E-state index is 6.37. The van der Waals surface area contributed by atoms with Gasteiger partial charge in [0.05, 0.1) is 22.4 Å². The van der Waals surface area contributed by atoms with Crippen molar-refractivity contribution >= 4 is 40.0 Å². The molecular formula is C12H15ClN4S. The third-order valence-corrected chi connectivity index (χ3v) is 4.11. The van der Waals surface area contributed by atoms with Gasteiger partial charge in [0.2, 0.25) is 0 Å². The van der Waals surface area contributed by atoms with Crippen LogP contribution in [-0.2, 0) is 0 Å². The van der Waals surface area contributed by atoms with Gasteiger partial charge in [0.15, 0.2) is 0 Å². The van der Waals surface area contributed by atoms with E-state index in [-0.39, 0.29) is 0 Å². The molecular weight excluding hydrogens is 268 g/mol. The molecule has 96 valence electrons. The number of rotatable bonds is 1. The van der Waals surface area contributed by atoms with Gasteiger partial charge in [0.1, 0.15) is 11.0 Å². The Bertz CT molecular complexity index is 556. The first-order valence-corrected chi connectivity index (χ1v) is 7.25. The number of benzene rings is 1. The first-order valence-electron chi connectivity index (χ1n) is 6.15. The van der Waals surface area contributed by atoms with Crippen LogP contribution in [0.3, 0.4) is 0 Å². The van der Waals surface area contributed by atoms with Crippen LogP contribution in [-0.4, -0.2) is 34.4 Å². The van der Waals surface area contributed by atoms with Crippen LogP contribution in [0, 0.1) is 0 Å². The zero-order valence-corrected chi connectivity index (χ0v) is 11.8. The first-order chi connectivity index (χ1) is 8.75. The van der Waals surface area contributed by atoms with E-state index in [0.29, 0.717) is 6.04 Å². The molecule has 6 heteroatoms. The fourth-order valence-electron chi connectivity index (χ4n) is 2.42. The first kappa shape index (κ1) is 12.1. The summed E-state index contributed by atoms with van der Waals surface area (Å²) in [6, 6.07) is 4.32. The van der Waals surface area contributed by atoms with E-state index < -0.39 is 0 Å². The molecule has 1 fully saturated rings. The maximum atomic E-state index is 6.37. The molecule has 3 rings (SSSR count). The Morgan fingerprint density at radius 3 is 3.22 bits per heavy atom. The number of anilines is 1. The molecule has 0 radical (unpaired) electrons. The highest BCUT2D eigenvalue weighted by Crippen LogP contribution is 2.33. The van der Waals surface area contributed by atoms with Gasteiger partial charge in [-0.2, -0.15) is 8.75 Å². The van der Waals surface area contributed by atoms with Gasteiger partial charge in [-0.3, -0.25) is 0 Å². The zero-order valence-electron chi connectivity index (χ0n) is 10.2. The molecule has 18 heavy (non-hydrogen) atoms. The van der Waals surface area contributed by atoms with Gasteiger partial charge >= 0.3 is 0 Å². The molecule has 0 aliphatic carbocycles. The van der Waals surface area contributed by atoms with E-state index in [1.165, 1.54) is 11.7 Å². The number of aromatic nitrogens is 2. The molecule has 1 atom stereocenters. The molecule has 4 nitrogen and oxygen atoms in total. The van der Waals surface area contributed by atoms with E-state index in [0.717, 1.165) is 47.8 Å². The lowest BCUT2D eigenvalue weighted by atomic mass is 10.2. The summed E-state index contributed by atoms with van der Waals surface area (Å²) in [4.78, 5) is 2.33. The number of nitrogens with one attached hydrogen (secondary N) is 1. The highest BCUT2D eigenvalue weighted by atomic mass is 35.5. The standard InChI is InChI=1S/C12H15ClN4S/c1-8-7-17(6-2-5-14-8)12-9(13)3-4-10-11(12)16-18-15-10/h3-4,8,14H,2,5-7H2,1H3. The molecule has 2 aromatic rings. The van der Waals surface area contributed by atoms with Crippen molar-refractivity contribution in [2.24, 2.45) is 0 Å². The molecule has 0 spiro atoms. The summed E-state index contributed by atoms with van der Waals surface area (Å²) >= 11 is 7.61. The van der Waals surface area contributed by atoms with Gasteiger partial charge in [-0.1, -0.05) is 11.6 Å². The van der Waals surface area contributed by atoms with Crippen molar-refractivity contribution in [2.75, 3.05) is 24.5 Å². The number of nitrogens with zero attached hydrogens (tertiary/aromatic N) is 3. The minimum absolute atomic E-state index is 0.463. The Morgan fingerprint density at radius 1 is 1.44 bits per heavy atom. The Hall–Kier alpha value is -0.910. The van der Waals surface area contributed by atoms with Gasteiger partial charge in [-0.05, 0) is 32.0 Å². The average Bonchev–Trinajstić information content (AvgIpc) is 2.71. The smallest absolute Gasteiger partial charge is 0.129 e. The Labute approximate surface area is 115 Å². The van der Waals surface area contributed by atoms with E-state index in [1.807, 2.05) is 12.1 Å². The molecule has 1 aromatic heterocycles. The van der Waals surface area contributed by atoms with E-state index >= 15 is 0 Å². The Morgan fingerprint density at radius 2 is 2.33 bits per heavy atom. The topological polar surface area (TPSA) is 41.1 Å². The lowest BCUT2D eigenvalue weighted by molar-refractivity contribution is 0.585. The lowest BCUT2D eigenvalue weighted by Crippen LogP contribution is -2.35. The maximum Gasteiger partial charge on any atom is 0.129 e. The number of fused-ring (bicyclic) bond motifs is 1. The summed E-state index contributed by atoms with van der Waals surface area (Å²) in [6.07, 6.45) is 1.12. The second-order valence-electron chi connectivity index (χ2n) is 4.68. The Kier molecular flexibility index (Phi) is 3.37. The van der Waals surface area contributed by atoms with E-state index in [1.54, 1.807) is 0 Å². The predicted molar refractivity (Wildman–Crippen MR) is 76.7 cm³/mol. The fraction of sp³-hybridized carbons (Fsp3) is 0.500. The van der Waals surface area contributed by atoms with Crippen molar-refractivity contribution in [1.82, 2.24) is 14.1 Å². The number of hydrogen-bond donors (Lipinski definition) is 1. The van der Waals surface area contributed by atoms with Crippen LogP contribution >= 0.6 is 23.3 Å². The summed E-state index contributed by atoms with van der Waals surface area (Å²) in [6.45, 7) is 5.22. The monoisotopic (exact) mass is 282 g/mol. The van der Waals surface area contributed by atoms with Crippen molar-refractivity contribution in [2.45, 2.75) is 19.4 Å². The lowest BCUT2D eigenvalue weighted by Gasteiger charge is -2.25. The molecule has 1 aromatic carbocycles. The summed E-state index contributed by atoms with van der Waals surface area (Å²) in [5.41, 5.74) is 2.91. The quantitative estimate of drug-likeness (QED) is 0.873. The van der Waals surface area contributed by atoms with Crippen molar-refractivity contribution in [1.29, 1.82) is 0 Å². The molecule has 1 unspecified atom stereocenters. The normalized spacial score (nSPS) is 21.2. The van der Waals surface area contributed by atoms with Crippen LogP contribution < -0.4 is 10.2 Å². The van der Waals surface area contributed by atoms with Gasteiger partial charge in [0.25, 0.3) is 0 Å². The van der Waals surface area contributed by atoms with Gasteiger partial charge < -0.3 is 10.2 Å². The molecule has 1 aliphatic heterocycles. The molecule has 0 bridgehead atoms. The van der Waals surface area contributed by atoms with Crippen LogP contribution in [0.5, 0.6) is 0 Å². The summed E-state index contributed by atoms with van der Waals surface area (Å²) in [5, 5.41) is 4.26. The minimum atomic E-state index is 0.463. The van der Waals surface area contributed by atoms with E-state index in [4.69, 9.17) is 11.6 Å². The molecule has 1 saturated heterocycles. The summed E-state index contributed by atoms with van der Waals surface area (Å²) < 4.78 is 8.68. The number of halogens is 1. The second-order valence-corrected chi connectivity index (χ2v) is 5.62. The second kappa shape index (κ2) is 4.99. The highest BCUT2D eigenvalue weighted by molar-refractivity contribution is 7.00. The summed E-state index contributed by atoms with van der Waals surface area (Å²) in [7, 11) is 0. The molecule has 1 aliphatic rings. The zero-order chi connectivity index (χ0) is 12.5. The van der Waals surface area contributed by atoms with E-state index in [2.05, 4.69) is 25.9 Å². The van der Waals surface area contributed by atoms with Crippen LogP contribution in [0.25, 0.3) is 11.0 Å².